The standard InChI is InChI=1S/C14H20N2O4/c1-9-8-12(14(18)19)10(2)16(9)11(3)13(17)15-4-6-20-7-5-15/h8,11H,4-7H2,1-3H3,(H,18,19). The topological polar surface area (TPSA) is 71.8 Å². The highest BCUT2D eigenvalue weighted by molar-refractivity contribution is 5.90. The van der Waals surface area contributed by atoms with Crippen LogP contribution in [0.2, 0.25) is 0 Å². The summed E-state index contributed by atoms with van der Waals surface area (Å²) in [4.78, 5) is 25.4. The monoisotopic (exact) mass is 280 g/mol. The van der Waals surface area contributed by atoms with E-state index in [4.69, 9.17) is 9.84 Å². The summed E-state index contributed by atoms with van der Waals surface area (Å²) < 4.78 is 7.03. The van der Waals surface area contributed by atoms with Crippen LogP contribution < -0.4 is 0 Å². The van der Waals surface area contributed by atoms with E-state index in [0.717, 1.165) is 5.69 Å². The summed E-state index contributed by atoms with van der Waals surface area (Å²) in [7, 11) is 0. The molecule has 110 valence electrons. The Bertz CT molecular complexity index is 530. The molecule has 2 rings (SSSR count). The molecule has 1 aliphatic heterocycles. The van der Waals surface area contributed by atoms with Crippen LogP contribution in [-0.4, -0.2) is 52.8 Å². The third-order valence-electron chi connectivity index (χ3n) is 3.78. The summed E-state index contributed by atoms with van der Waals surface area (Å²) in [6, 6.07) is 1.21. The Morgan fingerprint density at radius 3 is 2.40 bits per heavy atom. The number of aryl methyl sites for hydroxylation is 1. The molecule has 1 aliphatic rings. The molecule has 1 unspecified atom stereocenters. The summed E-state index contributed by atoms with van der Waals surface area (Å²) in [5.41, 5.74) is 1.65. The van der Waals surface area contributed by atoms with E-state index >= 15 is 0 Å². The number of carbonyl (C=O) groups excluding carboxylic acids is 1. The van der Waals surface area contributed by atoms with E-state index < -0.39 is 12.0 Å². The lowest BCUT2D eigenvalue weighted by atomic mass is 10.2. The molecule has 1 N–H and O–H groups in total. The van der Waals surface area contributed by atoms with Crippen LogP contribution in [0.5, 0.6) is 0 Å². The minimum Gasteiger partial charge on any atom is -0.478 e. The Balaban J connectivity index is 2.26. The van der Waals surface area contributed by atoms with Gasteiger partial charge in [0.2, 0.25) is 5.91 Å². The third-order valence-corrected chi connectivity index (χ3v) is 3.78. The second-order valence-corrected chi connectivity index (χ2v) is 5.07. The predicted molar refractivity (Wildman–Crippen MR) is 73.0 cm³/mol. The van der Waals surface area contributed by atoms with Crippen molar-refractivity contribution in [2.24, 2.45) is 0 Å². The van der Waals surface area contributed by atoms with Crippen LogP contribution in [0.1, 0.15) is 34.7 Å². The maximum atomic E-state index is 12.5. The van der Waals surface area contributed by atoms with Gasteiger partial charge in [0.15, 0.2) is 0 Å². The largest absolute Gasteiger partial charge is 0.478 e. The molecule has 0 aromatic carbocycles. The van der Waals surface area contributed by atoms with Gasteiger partial charge in [-0.1, -0.05) is 0 Å². The fourth-order valence-corrected chi connectivity index (χ4v) is 2.75. The first-order valence-electron chi connectivity index (χ1n) is 6.71. The first-order chi connectivity index (χ1) is 9.43. The highest BCUT2D eigenvalue weighted by Gasteiger charge is 2.27. The number of hydrogen-bond acceptors (Lipinski definition) is 3. The van der Waals surface area contributed by atoms with E-state index in [1.807, 2.05) is 13.8 Å². The van der Waals surface area contributed by atoms with E-state index in [1.165, 1.54) is 0 Å². The molecule has 1 aromatic rings. The van der Waals surface area contributed by atoms with Crippen molar-refractivity contribution in [2.45, 2.75) is 26.8 Å². The molecule has 0 spiro atoms. The lowest BCUT2D eigenvalue weighted by Crippen LogP contribution is -2.43. The van der Waals surface area contributed by atoms with Crippen molar-refractivity contribution in [1.82, 2.24) is 9.47 Å². The van der Waals surface area contributed by atoms with Crippen LogP contribution in [-0.2, 0) is 9.53 Å². The lowest BCUT2D eigenvalue weighted by molar-refractivity contribution is -0.138. The minimum atomic E-state index is -0.963. The zero-order valence-electron chi connectivity index (χ0n) is 12.0. The number of rotatable bonds is 3. The Labute approximate surface area is 117 Å². The van der Waals surface area contributed by atoms with Crippen molar-refractivity contribution in [2.75, 3.05) is 26.3 Å². The maximum absolute atomic E-state index is 12.5. The normalized spacial score (nSPS) is 17.1. The van der Waals surface area contributed by atoms with Gasteiger partial charge < -0.3 is 19.3 Å². The number of carboxylic acid groups (broad SMARTS) is 1. The molecule has 1 aromatic heterocycles. The van der Waals surface area contributed by atoms with E-state index in [-0.39, 0.29) is 11.5 Å². The van der Waals surface area contributed by atoms with Gasteiger partial charge in [0.1, 0.15) is 6.04 Å². The van der Waals surface area contributed by atoms with Crippen molar-refractivity contribution in [3.8, 4) is 0 Å². The molecule has 1 saturated heterocycles. The summed E-state index contributed by atoms with van der Waals surface area (Å²) in [6.45, 7) is 7.67. The molecular weight excluding hydrogens is 260 g/mol. The molecular formula is C14H20N2O4. The number of amides is 1. The molecule has 0 radical (unpaired) electrons. The van der Waals surface area contributed by atoms with Crippen LogP contribution in [0.15, 0.2) is 6.07 Å². The number of hydrogen-bond donors (Lipinski definition) is 1. The zero-order valence-corrected chi connectivity index (χ0v) is 12.0. The van der Waals surface area contributed by atoms with Crippen molar-refractivity contribution >= 4 is 11.9 Å². The van der Waals surface area contributed by atoms with Crippen molar-refractivity contribution < 1.29 is 19.4 Å². The van der Waals surface area contributed by atoms with Gasteiger partial charge in [-0.15, -0.1) is 0 Å². The van der Waals surface area contributed by atoms with Crippen LogP contribution in [0, 0.1) is 13.8 Å². The zero-order chi connectivity index (χ0) is 14.9. The number of morpholine rings is 1. The van der Waals surface area contributed by atoms with E-state index in [2.05, 4.69) is 0 Å². The highest BCUT2D eigenvalue weighted by atomic mass is 16.5. The number of aromatic nitrogens is 1. The summed E-state index contributed by atoms with van der Waals surface area (Å²) in [5.74, 6) is -0.956. The van der Waals surface area contributed by atoms with Crippen molar-refractivity contribution in [3.63, 3.8) is 0 Å². The Kier molecular flexibility index (Phi) is 4.13. The van der Waals surface area contributed by atoms with Crippen LogP contribution in [0.4, 0.5) is 0 Å². The van der Waals surface area contributed by atoms with Crippen molar-refractivity contribution in [3.05, 3.63) is 23.0 Å². The van der Waals surface area contributed by atoms with Gasteiger partial charge in [0.25, 0.3) is 0 Å². The number of carbonyl (C=O) groups is 2. The van der Waals surface area contributed by atoms with Gasteiger partial charge >= 0.3 is 5.97 Å². The average Bonchev–Trinajstić information content (AvgIpc) is 2.73. The van der Waals surface area contributed by atoms with Gasteiger partial charge in [-0.3, -0.25) is 4.79 Å². The van der Waals surface area contributed by atoms with Gasteiger partial charge in [-0.2, -0.15) is 0 Å². The SMILES string of the molecule is Cc1cc(C(=O)O)c(C)n1C(C)C(=O)N1CCOCC1. The first kappa shape index (κ1) is 14.6. The Hall–Kier alpha value is -1.82. The van der Waals surface area contributed by atoms with Gasteiger partial charge in [-0.05, 0) is 26.8 Å². The summed E-state index contributed by atoms with van der Waals surface area (Å²) in [6.07, 6.45) is 0. The second kappa shape index (κ2) is 5.66. The van der Waals surface area contributed by atoms with Gasteiger partial charge in [-0.25, -0.2) is 4.79 Å². The Morgan fingerprint density at radius 1 is 1.30 bits per heavy atom. The summed E-state index contributed by atoms with van der Waals surface area (Å²) in [5, 5.41) is 9.15. The smallest absolute Gasteiger partial charge is 0.337 e. The molecule has 1 fully saturated rings. The average molecular weight is 280 g/mol. The number of nitrogens with zero attached hydrogens (tertiary/aromatic N) is 2. The third kappa shape index (κ3) is 2.56. The molecule has 2 heterocycles. The molecule has 0 bridgehead atoms. The number of aromatic carboxylic acids is 1. The van der Waals surface area contributed by atoms with Crippen LogP contribution in [0.25, 0.3) is 0 Å². The molecule has 6 heteroatoms. The van der Waals surface area contributed by atoms with Crippen LogP contribution in [0.3, 0.4) is 0 Å². The number of ether oxygens (including phenoxy) is 1. The fourth-order valence-electron chi connectivity index (χ4n) is 2.75. The highest BCUT2D eigenvalue weighted by Crippen LogP contribution is 2.22. The first-order valence-corrected chi connectivity index (χ1v) is 6.71. The molecule has 20 heavy (non-hydrogen) atoms. The minimum absolute atomic E-state index is 0.00652. The Morgan fingerprint density at radius 2 is 1.90 bits per heavy atom. The number of carboxylic acids is 1. The fraction of sp³-hybridized carbons (Fsp3) is 0.571. The molecule has 1 atom stereocenters. The maximum Gasteiger partial charge on any atom is 0.337 e. The van der Waals surface area contributed by atoms with E-state index in [9.17, 15) is 9.59 Å². The quantitative estimate of drug-likeness (QED) is 0.903. The molecule has 0 saturated carbocycles. The molecule has 1 amide bonds. The summed E-state index contributed by atoms with van der Waals surface area (Å²) >= 11 is 0. The van der Waals surface area contributed by atoms with Gasteiger partial charge in [0.05, 0.1) is 18.8 Å². The van der Waals surface area contributed by atoms with Crippen molar-refractivity contribution in [1.29, 1.82) is 0 Å². The van der Waals surface area contributed by atoms with Gasteiger partial charge in [0, 0.05) is 24.5 Å². The van der Waals surface area contributed by atoms with E-state index in [1.54, 1.807) is 22.5 Å². The molecule has 0 aliphatic carbocycles. The van der Waals surface area contributed by atoms with E-state index in [0.29, 0.717) is 32.0 Å². The second-order valence-electron chi connectivity index (χ2n) is 5.07. The molecule has 6 nitrogen and oxygen atoms in total. The van der Waals surface area contributed by atoms with Crippen LogP contribution >= 0.6 is 0 Å². The predicted octanol–water partition coefficient (Wildman–Crippen LogP) is 1.22. The lowest BCUT2D eigenvalue weighted by Gasteiger charge is -2.30.